The van der Waals surface area contributed by atoms with E-state index in [1.807, 2.05) is 49.3 Å². The van der Waals surface area contributed by atoms with E-state index < -0.39 is 16.6 Å². The van der Waals surface area contributed by atoms with E-state index in [1.54, 1.807) is 18.2 Å². The first kappa shape index (κ1) is 23.8. The van der Waals surface area contributed by atoms with E-state index in [2.05, 4.69) is 6.58 Å². The smallest absolute Gasteiger partial charge is 0.241 e. The maximum atomic E-state index is 12.8. The molecule has 0 aromatic heterocycles. The predicted octanol–water partition coefficient (Wildman–Crippen LogP) is 2.63. The van der Waals surface area contributed by atoms with Crippen LogP contribution in [0.1, 0.15) is 18.9 Å². The Balaban J connectivity index is 0.00000122. The molecule has 28 heavy (non-hydrogen) atoms. The van der Waals surface area contributed by atoms with Gasteiger partial charge in [-0.25, -0.2) is 8.42 Å². The van der Waals surface area contributed by atoms with E-state index in [-0.39, 0.29) is 10.9 Å². The van der Waals surface area contributed by atoms with Crippen LogP contribution in [0.5, 0.6) is 0 Å². The summed E-state index contributed by atoms with van der Waals surface area (Å²) in [5, 5.41) is 16.9. The molecule has 1 heterocycles. The topological polar surface area (TPSA) is 84.6 Å². The Kier molecular flexibility index (Phi) is 9.83. The first-order valence-electron chi connectivity index (χ1n) is 8.98. The van der Waals surface area contributed by atoms with Gasteiger partial charge in [-0.15, -0.1) is 0 Å². The Labute approximate surface area is 168 Å². The summed E-state index contributed by atoms with van der Waals surface area (Å²) in [6.45, 7) is 5.61. The van der Waals surface area contributed by atoms with Crippen molar-refractivity contribution in [3.8, 4) is 6.07 Å². The number of sulfonamides is 1. The van der Waals surface area contributed by atoms with Crippen LogP contribution in [-0.2, 0) is 10.0 Å². The van der Waals surface area contributed by atoms with E-state index in [1.165, 1.54) is 17.3 Å². The molecule has 0 spiro atoms. The molecule has 2 rings (SSSR count). The van der Waals surface area contributed by atoms with Crippen LogP contribution < -0.4 is 0 Å². The molecular weight excluding hydrogens is 374 g/mol. The minimum absolute atomic E-state index is 0.00203. The maximum absolute atomic E-state index is 12.8. The van der Waals surface area contributed by atoms with Gasteiger partial charge >= 0.3 is 0 Å². The average molecular weight is 404 g/mol. The monoisotopic (exact) mass is 403 g/mol. The molecule has 152 valence electrons. The highest BCUT2D eigenvalue weighted by molar-refractivity contribution is 7.93. The van der Waals surface area contributed by atoms with Gasteiger partial charge in [0.2, 0.25) is 10.0 Å². The van der Waals surface area contributed by atoms with Crippen molar-refractivity contribution in [3.63, 3.8) is 0 Å². The van der Waals surface area contributed by atoms with Crippen LogP contribution in [-0.4, -0.2) is 62.6 Å². The molecule has 1 N–H and O–H groups in total. The van der Waals surface area contributed by atoms with E-state index >= 15 is 0 Å². The number of nitriles is 1. The zero-order chi connectivity index (χ0) is 21.2. The maximum Gasteiger partial charge on any atom is 0.241 e. The Hall–Kier alpha value is -2.24. The molecule has 7 heteroatoms. The number of allylic oxidation sites excluding steroid dienone is 4. The Morgan fingerprint density at radius 2 is 1.96 bits per heavy atom. The molecule has 1 fully saturated rings. The van der Waals surface area contributed by atoms with Gasteiger partial charge in [-0.1, -0.05) is 49.1 Å². The summed E-state index contributed by atoms with van der Waals surface area (Å²) in [5.41, 5.74) is 1.74. The molecule has 1 saturated heterocycles. The summed E-state index contributed by atoms with van der Waals surface area (Å²) >= 11 is 0. The molecule has 0 bridgehead atoms. The fourth-order valence-corrected chi connectivity index (χ4v) is 4.28. The second-order valence-electron chi connectivity index (χ2n) is 6.48. The molecular formula is C21H29N3O3S. The summed E-state index contributed by atoms with van der Waals surface area (Å²) in [6.07, 6.45) is 5.63. The summed E-state index contributed by atoms with van der Waals surface area (Å²) < 4.78 is 27.0. The second kappa shape index (κ2) is 11.6. The van der Waals surface area contributed by atoms with E-state index in [0.29, 0.717) is 13.1 Å². The normalized spacial score (nSPS) is 18.4. The number of rotatable bonds is 7. The highest BCUT2D eigenvalue weighted by atomic mass is 32.2. The quantitative estimate of drug-likeness (QED) is 0.708. The van der Waals surface area contributed by atoms with Crippen LogP contribution in [0, 0.1) is 11.3 Å². The van der Waals surface area contributed by atoms with Crippen molar-refractivity contribution in [3.05, 3.63) is 65.6 Å². The molecule has 0 saturated carbocycles. The van der Waals surface area contributed by atoms with Crippen molar-refractivity contribution < 1.29 is 13.5 Å². The van der Waals surface area contributed by atoms with Gasteiger partial charge in [0.05, 0.1) is 17.6 Å². The minimum atomic E-state index is -3.66. The molecule has 0 amide bonds. The van der Waals surface area contributed by atoms with Crippen LogP contribution in [0.15, 0.2) is 60.0 Å². The van der Waals surface area contributed by atoms with Gasteiger partial charge in [-0.2, -0.15) is 9.57 Å². The van der Waals surface area contributed by atoms with E-state index in [0.717, 1.165) is 17.6 Å². The van der Waals surface area contributed by atoms with Crippen LogP contribution in [0.25, 0.3) is 5.57 Å². The van der Waals surface area contributed by atoms with Gasteiger partial charge in [0.1, 0.15) is 0 Å². The van der Waals surface area contributed by atoms with Gasteiger partial charge in [0.25, 0.3) is 0 Å². The van der Waals surface area contributed by atoms with Gasteiger partial charge in [-0.3, -0.25) is 0 Å². The SMILES string of the molecule is C=C/C(=C\C=C(/CO)S(=O)(=O)N1CCC(N(C)C)C1)c1ccccc1.CC#N. The Morgan fingerprint density at radius 3 is 2.43 bits per heavy atom. The number of aliphatic hydroxyl groups excluding tert-OH is 1. The Morgan fingerprint density at radius 1 is 1.36 bits per heavy atom. The molecule has 1 aliphatic heterocycles. The number of hydrogen-bond acceptors (Lipinski definition) is 5. The van der Waals surface area contributed by atoms with Crippen molar-refractivity contribution in [2.75, 3.05) is 33.8 Å². The molecule has 1 unspecified atom stereocenters. The lowest BCUT2D eigenvalue weighted by Crippen LogP contribution is -2.35. The number of nitrogens with zero attached hydrogens (tertiary/aromatic N) is 3. The molecule has 6 nitrogen and oxygen atoms in total. The fraction of sp³-hybridized carbons (Fsp3) is 0.381. The zero-order valence-corrected chi connectivity index (χ0v) is 17.6. The third kappa shape index (κ3) is 6.43. The number of aliphatic hydroxyl groups is 1. The minimum Gasteiger partial charge on any atom is -0.391 e. The lowest BCUT2D eigenvalue weighted by atomic mass is 10.1. The standard InChI is InChI=1S/C19H26N2O3S.C2H3N/c1-4-16(17-8-6-5-7-9-17)10-11-19(15-22)25(23,24)21-13-12-18(14-21)20(2)3;1-2-3/h4-11,18,22H,1,12-15H2,2-3H3;1H3/b16-10+,19-11+;. The zero-order valence-electron chi connectivity index (χ0n) is 16.7. The number of hydrogen-bond donors (Lipinski definition) is 1. The molecule has 0 radical (unpaired) electrons. The largest absolute Gasteiger partial charge is 0.391 e. The predicted molar refractivity (Wildman–Crippen MR) is 114 cm³/mol. The average Bonchev–Trinajstić information content (AvgIpc) is 3.18. The molecule has 0 aliphatic carbocycles. The molecule has 1 aromatic rings. The van der Waals surface area contributed by atoms with Crippen LogP contribution in [0.2, 0.25) is 0 Å². The van der Waals surface area contributed by atoms with Gasteiger partial charge in [-0.05, 0) is 37.7 Å². The summed E-state index contributed by atoms with van der Waals surface area (Å²) in [5.74, 6) is 0. The molecule has 1 aromatic carbocycles. The molecule has 1 aliphatic rings. The third-order valence-electron chi connectivity index (χ3n) is 4.46. The van der Waals surface area contributed by atoms with Crippen LogP contribution in [0.4, 0.5) is 0 Å². The van der Waals surface area contributed by atoms with Gasteiger partial charge < -0.3 is 10.0 Å². The van der Waals surface area contributed by atoms with Crippen molar-refractivity contribution in [2.24, 2.45) is 0 Å². The fourth-order valence-electron chi connectivity index (χ4n) is 2.83. The van der Waals surface area contributed by atoms with E-state index in [9.17, 15) is 13.5 Å². The van der Waals surface area contributed by atoms with Gasteiger partial charge in [0, 0.05) is 26.1 Å². The number of benzene rings is 1. The van der Waals surface area contributed by atoms with Crippen molar-refractivity contribution in [1.82, 2.24) is 9.21 Å². The lowest BCUT2D eigenvalue weighted by molar-refractivity contribution is 0.301. The van der Waals surface area contributed by atoms with E-state index in [4.69, 9.17) is 5.26 Å². The number of likely N-dealkylation sites (N-methyl/N-ethyl adjacent to an activating group) is 1. The highest BCUT2D eigenvalue weighted by Crippen LogP contribution is 2.23. The van der Waals surface area contributed by atoms with Crippen molar-refractivity contribution >= 4 is 15.6 Å². The van der Waals surface area contributed by atoms with Gasteiger partial charge in [0.15, 0.2) is 0 Å². The Bertz CT molecular complexity index is 837. The summed E-state index contributed by atoms with van der Waals surface area (Å²) in [7, 11) is 0.229. The summed E-state index contributed by atoms with van der Waals surface area (Å²) in [6, 6.07) is 11.5. The highest BCUT2D eigenvalue weighted by Gasteiger charge is 2.34. The van der Waals surface area contributed by atoms with Crippen LogP contribution >= 0.6 is 0 Å². The lowest BCUT2D eigenvalue weighted by Gasteiger charge is -2.20. The first-order valence-corrected chi connectivity index (χ1v) is 10.4. The first-order chi connectivity index (χ1) is 13.3. The summed E-state index contributed by atoms with van der Waals surface area (Å²) in [4.78, 5) is 2.03. The van der Waals surface area contributed by atoms with Crippen molar-refractivity contribution in [1.29, 1.82) is 5.26 Å². The van der Waals surface area contributed by atoms with Crippen molar-refractivity contribution in [2.45, 2.75) is 19.4 Å². The third-order valence-corrected chi connectivity index (χ3v) is 6.40. The second-order valence-corrected chi connectivity index (χ2v) is 8.47. The molecule has 1 atom stereocenters. The van der Waals surface area contributed by atoms with Crippen LogP contribution in [0.3, 0.4) is 0 Å².